The molecule has 1 amide bonds. The normalized spacial score (nSPS) is 15.2. The molecule has 16 heteroatoms. The van der Waals surface area contributed by atoms with Crippen molar-refractivity contribution in [3.63, 3.8) is 0 Å². The standard InChI is InChI=1S/C30H48ClF5NO8P/c1-24(2,3)42-23(38)37-27(10,30(45-46-39,43-25(4,5)6)44-26(7,8)9)15-13-19-17-20(31)22(21(18-19)40-11)41-16-12-14-28(32,33)29(34,35)36/h17-18H,12-16,46H2,1-11H3,(H,37,38)/t27-/m1/s1. The van der Waals surface area contributed by atoms with Crippen LogP contribution in [0.5, 0.6) is 11.5 Å². The van der Waals surface area contributed by atoms with Gasteiger partial charge in [0.2, 0.25) is 0 Å². The molecular formula is C30H48ClF5NO8P. The molecule has 46 heavy (non-hydrogen) atoms. The minimum atomic E-state index is -5.66. The Morgan fingerprint density at radius 3 is 1.85 bits per heavy atom. The van der Waals surface area contributed by atoms with E-state index in [9.17, 15) is 31.3 Å². The Morgan fingerprint density at radius 1 is 0.870 bits per heavy atom. The van der Waals surface area contributed by atoms with Gasteiger partial charge >= 0.3 is 24.2 Å². The van der Waals surface area contributed by atoms with E-state index in [4.69, 9.17) is 39.8 Å². The van der Waals surface area contributed by atoms with Gasteiger partial charge in [0.05, 0.1) is 29.9 Å². The van der Waals surface area contributed by atoms with Crippen LogP contribution in [0.1, 0.15) is 94.1 Å². The van der Waals surface area contributed by atoms with Crippen molar-refractivity contribution in [3.05, 3.63) is 22.7 Å². The number of benzene rings is 1. The molecule has 0 bridgehead atoms. The predicted molar refractivity (Wildman–Crippen MR) is 166 cm³/mol. The van der Waals surface area contributed by atoms with Crippen molar-refractivity contribution in [2.45, 2.75) is 135 Å². The highest BCUT2D eigenvalue weighted by Gasteiger charge is 2.58. The molecule has 1 N–H and O–H groups in total. The Hall–Kier alpha value is -1.86. The van der Waals surface area contributed by atoms with Crippen molar-refractivity contribution < 1.29 is 59.5 Å². The van der Waals surface area contributed by atoms with E-state index in [1.165, 1.54) is 19.2 Å². The summed E-state index contributed by atoms with van der Waals surface area (Å²) in [7, 11) is -0.608. The summed E-state index contributed by atoms with van der Waals surface area (Å²) in [5.41, 5.74) is -3.73. The summed E-state index contributed by atoms with van der Waals surface area (Å²) < 4.78 is 111. The van der Waals surface area contributed by atoms with Gasteiger partial charge in [-0.15, -0.1) is 0 Å². The zero-order valence-electron chi connectivity index (χ0n) is 28.3. The molecule has 0 aromatic heterocycles. The fourth-order valence-electron chi connectivity index (χ4n) is 4.18. The lowest BCUT2D eigenvalue weighted by Crippen LogP contribution is -2.69. The van der Waals surface area contributed by atoms with Crippen LogP contribution in [0.25, 0.3) is 0 Å². The summed E-state index contributed by atoms with van der Waals surface area (Å²) in [5.74, 6) is -6.89. The number of amides is 1. The fourth-order valence-corrected chi connectivity index (χ4v) is 4.95. The maximum atomic E-state index is 13.3. The molecule has 0 aliphatic rings. The van der Waals surface area contributed by atoms with Gasteiger partial charge in [0.25, 0.3) is 0 Å². The summed E-state index contributed by atoms with van der Waals surface area (Å²) in [6.45, 7) is 16.6. The topological polar surface area (TPSA) is 102 Å². The molecule has 0 aliphatic heterocycles. The molecule has 268 valence electrons. The first-order valence-corrected chi connectivity index (χ1v) is 15.9. The van der Waals surface area contributed by atoms with Gasteiger partial charge in [-0.2, -0.15) is 22.0 Å². The number of alkyl halides is 5. The first-order chi connectivity index (χ1) is 20.6. The van der Waals surface area contributed by atoms with Crippen LogP contribution in [0.2, 0.25) is 5.02 Å². The SMILES string of the molecule is COc1cc(CC[C@@](C)(NC(=O)OC(C)(C)C)C(O[PH2]=O)(OC(C)(C)C)OC(C)(C)C)cc(Cl)c1OCCCC(F)(F)C(F)(F)F. The van der Waals surface area contributed by atoms with Crippen LogP contribution in [-0.4, -0.2) is 60.2 Å². The molecule has 0 heterocycles. The molecule has 1 aromatic rings. The van der Waals surface area contributed by atoms with Crippen molar-refractivity contribution in [2.75, 3.05) is 13.7 Å². The lowest BCUT2D eigenvalue weighted by atomic mass is 9.89. The molecular weight excluding hydrogens is 664 g/mol. The average molecular weight is 712 g/mol. The highest BCUT2D eigenvalue weighted by molar-refractivity contribution is 7.17. The number of methoxy groups -OCH3 is 1. The number of carbonyl (C=O) groups is 1. The Bertz CT molecular complexity index is 1170. The van der Waals surface area contributed by atoms with Gasteiger partial charge in [0.15, 0.2) is 20.2 Å². The first-order valence-electron chi connectivity index (χ1n) is 14.6. The minimum Gasteiger partial charge on any atom is -0.493 e. The molecule has 2 atom stereocenters. The van der Waals surface area contributed by atoms with E-state index in [0.717, 1.165) is 0 Å². The lowest BCUT2D eigenvalue weighted by Gasteiger charge is -2.50. The lowest BCUT2D eigenvalue weighted by molar-refractivity contribution is -0.423. The zero-order valence-corrected chi connectivity index (χ0v) is 30.2. The van der Waals surface area contributed by atoms with Crippen LogP contribution in [0, 0.1) is 0 Å². The maximum Gasteiger partial charge on any atom is 0.453 e. The third-order valence-electron chi connectivity index (χ3n) is 6.04. The third kappa shape index (κ3) is 13.0. The van der Waals surface area contributed by atoms with Crippen molar-refractivity contribution in [1.82, 2.24) is 5.32 Å². The molecule has 0 radical (unpaired) electrons. The number of hydrogen-bond donors (Lipinski definition) is 1. The van der Waals surface area contributed by atoms with E-state index in [1.54, 1.807) is 69.2 Å². The second-order valence-electron chi connectivity index (χ2n) is 13.9. The van der Waals surface area contributed by atoms with Gasteiger partial charge in [-0.05, 0) is 106 Å². The minimum absolute atomic E-state index is 0.00198. The van der Waals surface area contributed by atoms with E-state index >= 15 is 0 Å². The number of alkyl carbamates (subject to hydrolysis) is 1. The molecule has 1 unspecified atom stereocenters. The summed E-state index contributed by atoms with van der Waals surface area (Å²) in [5, 5.41) is 2.81. The Labute approximate surface area is 274 Å². The summed E-state index contributed by atoms with van der Waals surface area (Å²) >= 11 is 6.44. The number of rotatable bonds is 15. The Kier molecular flexibility index (Phi) is 14.3. The van der Waals surface area contributed by atoms with Crippen LogP contribution >= 0.6 is 20.3 Å². The van der Waals surface area contributed by atoms with Gasteiger partial charge in [-0.1, -0.05) is 11.6 Å². The highest BCUT2D eigenvalue weighted by atomic mass is 35.5. The molecule has 1 aromatic carbocycles. The Balaban J connectivity index is 3.50. The van der Waals surface area contributed by atoms with Crippen molar-refractivity contribution in [3.8, 4) is 11.5 Å². The average Bonchev–Trinajstić information content (AvgIpc) is 2.82. The zero-order chi connectivity index (χ0) is 36.0. The maximum absolute atomic E-state index is 13.3. The number of ether oxygens (including phenoxy) is 5. The quantitative estimate of drug-likeness (QED) is 0.0834. The van der Waals surface area contributed by atoms with E-state index in [2.05, 4.69) is 5.32 Å². The van der Waals surface area contributed by atoms with Crippen LogP contribution in [0.15, 0.2) is 12.1 Å². The smallest absolute Gasteiger partial charge is 0.453 e. The van der Waals surface area contributed by atoms with Gasteiger partial charge in [0.1, 0.15) is 11.1 Å². The van der Waals surface area contributed by atoms with Crippen LogP contribution in [-0.2, 0) is 29.7 Å². The summed E-state index contributed by atoms with van der Waals surface area (Å²) in [4.78, 5) is 13.2. The number of hydrogen-bond acceptors (Lipinski definition) is 8. The predicted octanol–water partition coefficient (Wildman–Crippen LogP) is 8.89. The largest absolute Gasteiger partial charge is 0.493 e. The molecule has 0 saturated carbocycles. The van der Waals surface area contributed by atoms with E-state index in [1.807, 2.05) is 0 Å². The fraction of sp³-hybridized carbons (Fsp3) is 0.767. The third-order valence-corrected chi connectivity index (χ3v) is 6.72. The van der Waals surface area contributed by atoms with E-state index in [-0.39, 0.29) is 29.4 Å². The number of aryl methyl sites for hydroxylation is 1. The monoisotopic (exact) mass is 711 g/mol. The Morgan fingerprint density at radius 2 is 1.41 bits per heavy atom. The molecule has 0 aliphatic carbocycles. The summed E-state index contributed by atoms with van der Waals surface area (Å²) in [6, 6.07) is 3.03. The second-order valence-corrected chi connectivity index (χ2v) is 14.8. The van der Waals surface area contributed by atoms with Gasteiger partial charge in [0, 0.05) is 6.42 Å². The number of carbonyl (C=O) groups excluding carboxylic acids is 1. The molecule has 0 fully saturated rings. The molecule has 0 spiro atoms. The van der Waals surface area contributed by atoms with E-state index < -0.39 is 74.6 Å². The number of halogens is 6. The van der Waals surface area contributed by atoms with Gasteiger partial charge in [-0.25, -0.2) is 4.79 Å². The molecule has 0 saturated heterocycles. The molecule has 9 nitrogen and oxygen atoms in total. The second kappa shape index (κ2) is 15.6. The number of nitrogens with one attached hydrogen (secondary N) is 1. The van der Waals surface area contributed by atoms with Gasteiger partial charge < -0.3 is 29.0 Å². The molecule has 1 rings (SSSR count). The van der Waals surface area contributed by atoms with Crippen LogP contribution in [0.4, 0.5) is 26.7 Å². The van der Waals surface area contributed by atoms with Gasteiger partial charge in [-0.3, -0.25) is 9.09 Å². The van der Waals surface area contributed by atoms with E-state index in [0.29, 0.717) is 5.56 Å². The van der Waals surface area contributed by atoms with Crippen LogP contribution < -0.4 is 14.8 Å². The van der Waals surface area contributed by atoms with Crippen molar-refractivity contribution in [2.24, 2.45) is 0 Å². The van der Waals surface area contributed by atoms with Crippen LogP contribution in [0.3, 0.4) is 0 Å². The first kappa shape index (κ1) is 42.2. The summed E-state index contributed by atoms with van der Waals surface area (Å²) in [6.07, 6.45) is -8.36. The van der Waals surface area contributed by atoms with Crippen molar-refractivity contribution >= 4 is 26.4 Å². The van der Waals surface area contributed by atoms with Crippen molar-refractivity contribution in [1.29, 1.82) is 0 Å². The highest BCUT2D eigenvalue weighted by Crippen LogP contribution is 2.44.